The van der Waals surface area contributed by atoms with E-state index in [-0.39, 0.29) is 11.6 Å². The van der Waals surface area contributed by atoms with Crippen LogP contribution in [0.5, 0.6) is 11.5 Å². The normalized spacial score (nSPS) is 26.3. The molecule has 1 unspecified atom stereocenters. The fraction of sp³-hybridized carbons (Fsp3) is 0.417. The molecule has 1 aliphatic heterocycles. The Labute approximate surface area is 182 Å². The van der Waals surface area contributed by atoms with Crippen LogP contribution in [-0.2, 0) is 0 Å². The highest BCUT2D eigenvalue weighted by Crippen LogP contribution is 2.53. The van der Waals surface area contributed by atoms with Gasteiger partial charge in [0.15, 0.2) is 16.9 Å². The van der Waals surface area contributed by atoms with Gasteiger partial charge in [-0.2, -0.15) is 15.8 Å². The van der Waals surface area contributed by atoms with E-state index in [4.69, 9.17) is 14.9 Å². The summed E-state index contributed by atoms with van der Waals surface area (Å²) in [6.45, 7) is 7.46. The van der Waals surface area contributed by atoms with Gasteiger partial charge in [-0.15, -0.1) is 0 Å². The van der Waals surface area contributed by atoms with E-state index in [0.717, 1.165) is 23.3 Å². The fourth-order valence-electron chi connectivity index (χ4n) is 4.63. The Morgan fingerprint density at radius 2 is 2.00 bits per heavy atom. The van der Waals surface area contributed by atoms with Crippen LogP contribution in [0.4, 0.5) is 0 Å². The van der Waals surface area contributed by atoms with Gasteiger partial charge in [-0.05, 0) is 41.8 Å². The van der Waals surface area contributed by atoms with Gasteiger partial charge in [-0.3, -0.25) is 0 Å². The van der Waals surface area contributed by atoms with Gasteiger partial charge < -0.3 is 19.8 Å². The van der Waals surface area contributed by atoms with Gasteiger partial charge in [0.25, 0.3) is 0 Å². The predicted molar refractivity (Wildman–Crippen MR) is 115 cm³/mol. The lowest BCUT2D eigenvalue weighted by Crippen LogP contribution is -3.10. The SMILES string of the molecule is C=C(C)COc1ccc([C@H]2[C@H]3C[NH+](C)CC=C3[C@@H](C#N)C(=N)C2(C#N)C#N)cc1OC. The molecule has 1 aromatic rings. The fourth-order valence-corrected chi connectivity index (χ4v) is 4.63. The summed E-state index contributed by atoms with van der Waals surface area (Å²) in [7, 11) is 3.58. The Morgan fingerprint density at radius 3 is 2.58 bits per heavy atom. The summed E-state index contributed by atoms with van der Waals surface area (Å²) in [5.74, 6) is -0.631. The number of quaternary nitrogens is 1. The van der Waals surface area contributed by atoms with Gasteiger partial charge in [0.05, 0.1) is 51.2 Å². The van der Waals surface area contributed by atoms with Crippen LogP contribution in [0.15, 0.2) is 42.0 Å². The summed E-state index contributed by atoms with van der Waals surface area (Å²) in [6.07, 6.45) is 2.00. The van der Waals surface area contributed by atoms with Crippen LogP contribution in [0.3, 0.4) is 0 Å². The second-order valence-electron chi connectivity index (χ2n) is 8.32. The Kier molecular flexibility index (Phi) is 6.16. The third-order valence-corrected chi connectivity index (χ3v) is 6.10. The molecule has 0 spiro atoms. The molecule has 0 amide bonds. The minimum atomic E-state index is -1.73. The molecule has 0 radical (unpaired) electrons. The minimum absolute atomic E-state index is 0.145. The number of methoxy groups -OCH3 is 1. The first-order chi connectivity index (χ1) is 14.8. The molecule has 4 atom stereocenters. The smallest absolute Gasteiger partial charge is 0.189 e. The van der Waals surface area contributed by atoms with E-state index in [0.29, 0.717) is 24.7 Å². The van der Waals surface area contributed by atoms with Crippen molar-refractivity contribution in [1.29, 1.82) is 21.2 Å². The van der Waals surface area contributed by atoms with Crippen LogP contribution in [0, 0.1) is 56.7 Å². The Morgan fingerprint density at radius 1 is 1.29 bits per heavy atom. The number of rotatable bonds is 5. The average Bonchev–Trinajstić information content (AvgIpc) is 2.77. The lowest BCUT2D eigenvalue weighted by molar-refractivity contribution is -0.878. The number of nitrogens with zero attached hydrogens (tertiary/aromatic N) is 3. The quantitative estimate of drug-likeness (QED) is 0.712. The molecule has 7 nitrogen and oxygen atoms in total. The minimum Gasteiger partial charge on any atom is -0.493 e. The zero-order chi connectivity index (χ0) is 22.8. The molecule has 1 aromatic carbocycles. The monoisotopic (exact) mass is 416 g/mol. The zero-order valence-corrected chi connectivity index (χ0v) is 18.0. The third-order valence-electron chi connectivity index (χ3n) is 6.10. The van der Waals surface area contributed by atoms with Crippen molar-refractivity contribution in [3.8, 4) is 29.7 Å². The number of hydrogen-bond donors (Lipinski definition) is 2. The highest BCUT2D eigenvalue weighted by atomic mass is 16.5. The lowest BCUT2D eigenvalue weighted by atomic mass is 9.54. The number of nitriles is 3. The molecule has 1 aliphatic carbocycles. The first kappa shape index (κ1) is 22.1. The predicted octanol–water partition coefficient (Wildman–Crippen LogP) is 2.01. The summed E-state index contributed by atoms with van der Waals surface area (Å²) >= 11 is 0. The first-order valence-electron chi connectivity index (χ1n) is 10.1. The van der Waals surface area contributed by atoms with E-state index in [1.165, 1.54) is 12.0 Å². The van der Waals surface area contributed by atoms with Crippen LogP contribution >= 0.6 is 0 Å². The van der Waals surface area contributed by atoms with Crippen LogP contribution in [0.2, 0.25) is 0 Å². The van der Waals surface area contributed by atoms with Gasteiger partial charge in [-0.25, -0.2) is 0 Å². The van der Waals surface area contributed by atoms with Gasteiger partial charge in [0, 0.05) is 11.8 Å². The molecule has 7 heteroatoms. The van der Waals surface area contributed by atoms with Crippen molar-refractivity contribution >= 4 is 5.71 Å². The van der Waals surface area contributed by atoms with Crippen molar-refractivity contribution in [3.63, 3.8) is 0 Å². The maximum absolute atomic E-state index is 10.1. The molecule has 3 rings (SSSR count). The van der Waals surface area contributed by atoms with E-state index in [9.17, 15) is 15.8 Å². The Bertz CT molecular complexity index is 1050. The Hall–Kier alpha value is -3.60. The molecule has 0 bridgehead atoms. The molecule has 2 N–H and O–H groups in total. The molecule has 1 heterocycles. The number of ether oxygens (including phenoxy) is 2. The van der Waals surface area contributed by atoms with Crippen molar-refractivity contribution in [2.45, 2.75) is 12.8 Å². The number of fused-ring (bicyclic) bond motifs is 1. The summed E-state index contributed by atoms with van der Waals surface area (Å²) in [6, 6.07) is 11.8. The van der Waals surface area contributed by atoms with E-state index < -0.39 is 17.3 Å². The second kappa shape index (κ2) is 8.64. The van der Waals surface area contributed by atoms with E-state index in [1.807, 2.05) is 26.1 Å². The number of hydrogen-bond acceptors (Lipinski definition) is 6. The molecular formula is C24H26N5O2+. The van der Waals surface area contributed by atoms with Crippen LogP contribution in [-0.4, -0.2) is 39.6 Å². The zero-order valence-electron chi connectivity index (χ0n) is 18.0. The number of likely N-dealkylation sites (N-methyl/N-ethyl adjacent to an activating group) is 1. The molecule has 158 valence electrons. The topological polar surface area (TPSA) is 118 Å². The van der Waals surface area contributed by atoms with E-state index >= 15 is 0 Å². The van der Waals surface area contributed by atoms with Crippen molar-refractivity contribution in [1.82, 2.24) is 0 Å². The summed E-state index contributed by atoms with van der Waals surface area (Å²) < 4.78 is 11.3. The Balaban J connectivity index is 2.18. The van der Waals surface area contributed by atoms with Crippen molar-refractivity contribution in [3.05, 3.63) is 47.6 Å². The molecule has 31 heavy (non-hydrogen) atoms. The van der Waals surface area contributed by atoms with Crippen molar-refractivity contribution in [2.24, 2.45) is 17.3 Å². The van der Waals surface area contributed by atoms with Crippen LogP contribution in [0.1, 0.15) is 18.4 Å². The molecule has 1 fully saturated rings. The van der Waals surface area contributed by atoms with Crippen molar-refractivity contribution in [2.75, 3.05) is 33.9 Å². The summed E-state index contributed by atoms with van der Waals surface area (Å²) in [5, 5.41) is 38.7. The van der Waals surface area contributed by atoms with Gasteiger partial charge in [-0.1, -0.05) is 12.6 Å². The highest BCUT2D eigenvalue weighted by Gasteiger charge is 2.58. The van der Waals surface area contributed by atoms with E-state index in [1.54, 1.807) is 12.1 Å². The van der Waals surface area contributed by atoms with Gasteiger partial charge >= 0.3 is 0 Å². The van der Waals surface area contributed by atoms with Crippen LogP contribution < -0.4 is 14.4 Å². The number of benzene rings is 1. The number of nitrogens with one attached hydrogen (secondary N) is 2. The maximum Gasteiger partial charge on any atom is 0.189 e. The third kappa shape index (κ3) is 3.67. The standard InChI is InChI=1S/C24H25N5O2/c1-15(2)12-31-20-6-5-16(9-21(20)30-4)22-19-11-29(3)8-7-17(19)18(10-25)23(28)24(22,13-26)14-27/h5-7,9,18-19,22,28H,1,8,11-12H2,2-4H3/p+1/t18-,19+,22+/m1/s1. The molecule has 0 aromatic heterocycles. The van der Waals surface area contributed by atoms with Crippen LogP contribution in [0.25, 0.3) is 0 Å². The van der Waals surface area contributed by atoms with Crippen molar-refractivity contribution < 1.29 is 14.4 Å². The largest absolute Gasteiger partial charge is 0.493 e. The van der Waals surface area contributed by atoms with Gasteiger partial charge in [0.2, 0.25) is 0 Å². The first-order valence-corrected chi connectivity index (χ1v) is 10.1. The van der Waals surface area contributed by atoms with Gasteiger partial charge in [0.1, 0.15) is 12.5 Å². The lowest BCUT2D eigenvalue weighted by Gasteiger charge is -2.46. The summed E-state index contributed by atoms with van der Waals surface area (Å²) in [4.78, 5) is 1.22. The second-order valence-corrected chi connectivity index (χ2v) is 8.32. The molecule has 2 aliphatic rings. The average molecular weight is 417 g/mol. The molecule has 1 saturated carbocycles. The maximum atomic E-state index is 10.1. The highest BCUT2D eigenvalue weighted by molar-refractivity contribution is 6.00. The molecular weight excluding hydrogens is 390 g/mol. The van der Waals surface area contributed by atoms with E-state index in [2.05, 4.69) is 24.8 Å². The summed E-state index contributed by atoms with van der Waals surface area (Å²) in [5.41, 5.74) is 0.546. The molecule has 0 saturated heterocycles.